The van der Waals surface area contributed by atoms with Crippen LogP contribution in [0.2, 0.25) is 0 Å². The summed E-state index contributed by atoms with van der Waals surface area (Å²) in [5.41, 5.74) is 4.09. The Morgan fingerprint density at radius 3 is 2.89 bits per heavy atom. The molecule has 27 heavy (non-hydrogen) atoms. The van der Waals surface area contributed by atoms with Gasteiger partial charge in [-0.05, 0) is 31.4 Å². The monoisotopic (exact) mass is 380 g/mol. The molecular formula is C21H24N4OS. The fraction of sp³-hybridized carbons (Fsp3) is 0.429. The molecule has 140 valence electrons. The van der Waals surface area contributed by atoms with E-state index in [1.165, 1.54) is 24.9 Å². The number of hydrogen-bond acceptors (Lipinski definition) is 4. The molecule has 2 aromatic heterocycles. The number of aryl methyl sites for hydroxylation is 1. The van der Waals surface area contributed by atoms with Crippen molar-refractivity contribution >= 4 is 22.2 Å². The van der Waals surface area contributed by atoms with Crippen molar-refractivity contribution < 1.29 is 4.79 Å². The molecule has 0 aliphatic carbocycles. The zero-order valence-corrected chi connectivity index (χ0v) is 16.4. The van der Waals surface area contributed by atoms with Gasteiger partial charge in [-0.2, -0.15) is 0 Å². The maximum Gasteiger partial charge on any atom is 0.271 e. The molecule has 5 rings (SSSR count). The van der Waals surface area contributed by atoms with Crippen LogP contribution >= 0.6 is 11.3 Å². The summed E-state index contributed by atoms with van der Waals surface area (Å²) in [6, 6.07) is 9.08. The van der Waals surface area contributed by atoms with Crippen LogP contribution in [0.4, 0.5) is 0 Å². The van der Waals surface area contributed by atoms with Crippen LogP contribution in [0.3, 0.4) is 0 Å². The number of benzene rings is 1. The molecule has 2 aliphatic rings. The van der Waals surface area contributed by atoms with Crippen LogP contribution in [-0.2, 0) is 6.42 Å². The Balaban J connectivity index is 1.42. The number of fused-ring (bicyclic) bond motifs is 2. The molecule has 2 aliphatic heterocycles. The number of carbonyl (C=O) groups is 1. The van der Waals surface area contributed by atoms with Crippen molar-refractivity contribution in [3.63, 3.8) is 0 Å². The fourth-order valence-electron chi connectivity index (χ4n) is 4.33. The van der Waals surface area contributed by atoms with Gasteiger partial charge in [0.15, 0.2) is 4.96 Å². The zero-order chi connectivity index (χ0) is 18.4. The van der Waals surface area contributed by atoms with E-state index in [0.29, 0.717) is 6.04 Å². The third-order valence-electron chi connectivity index (χ3n) is 5.96. The minimum atomic E-state index is 0.137. The molecule has 1 aromatic carbocycles. The van der Waals surface area contributed by atoms with Crippen molar-refractivity contribution in [3.8, 4) is 11.3 Å². The van der Waals surface area contributed by atoms with Gasteiger partial charge in [0.05, 0.1) is 5.69 Å². The van der Waals surface area contributed by atoms with Crippen molar-refractivity contribution in [2.24, 2.45) is 0 Å². The highest BCUT2D eigenvalue weighted by Gasteiger charge is 2.33. The summed E-state index contributed by atoms with van der Waals surface area (Å²) in [5.74, 6) is 0.137. The summed E-state index contributed by atoms with van der Waals surface area (Å²) in [7, 11) is 0. The van der Waals surface area contributed by atoms with Crippen LogP contribution in [0.25, 0.3) is 16.2 Å². The number of hydrogen-bond donors (Lipinski definition) is 0. The molecule has 0 N–H and O–H groups in total. The van der Waals surface area contributed by atoms with E-state index in [1.54, 1.807) is 11.3 Å². The first-order valence-corrected chi connectivity index (χ1v) is 10.7. The topological polar surface area (TPSA) is 40.9 Å². The molecular weight excluding hydrogens is 356 g/mol. The summed E-state index contributed by atoms with van der Waals surface area (Å²) in [6.45, 7) is 6.04. The van der Waals surface area contributed by atoms with E-state index in [2.05, 4.69) is 36.1 Å². The average molecular weight is 381 g/mol. The van der Waals surface area contributed by atoms with Gasteiger partial charge < -0.3 is 4.90 Å². The quantitative estimate of drug-likeness (QED) is 0.698. The van der Waals surface area contributed by atoms with Crippen molar-refractivity contribution in [3.05, 3.63) is 47.1 Å². The number of thiazole rings is 1. The SMILES string of the molecule is CCc1ccc(-c2cn3c(C(=O)N4CCN5CCCC5C4)csc3n2)cc1. The molecule has 1 atom stereocenters. The van der Waals surface area contributed by atoms with Crippen molar-refractivity contribution in [2.45, 2.75) is 32.2 Å². The molecule has 5 nitrogen and oxygen atoms in total. The number of amides is 1. The maximum atomic E-state index is 13.2. The van der Waals surface area contributed by atoms with Crippen LogP contribution in [-0.4, -0.2) is 57.3 Å². The van der Waals surface area contributed by atoms with Crippen LogP contribution in [0.15, 0.2) is 35.8 Å². The summed E-state index contributed by atoms with van der Waals surface area (Å²) in [4.78, 5) is 23.3. The molecule has 2 fully saturated rings. The Morgan fingerprint density at radius 1 is 1.22 bits per heavy atom. The third kappa shape index (κ3) is 2.97. The van der Waals surface area contributed by atoms with Crippen molar-refractivity contribution in [1.82, 2.24) is 19.2 Å². The predicted octanol–water partition coefficient (Wildman–Crippen LogP) is 3.55. The second-order valence-electron chi connectivity index (χ2n) is 7.53. The molecule has 3 aromatic rings. The fourth-order valence-corrected chi connectivity index (χ4v) is 5.17. The van der Waals surface area contributed by atoms with Gasteiger partial charge in [0.1, 0.15) is 5.69 Å². The number of nitrogens with zero attached hydrogens (tertiary/aromatic N) is 4. The lowest BCUT2D eigenvalue weighted by Gasteiger charge is -2.37. The molecule has 4 heterocycles. The molecule has 6 heteroatoms. The average Bonchev–Trinajstić information content (AvgIpc) is 3.42. The first-order chi connectivity index (χ1) is 13.2. The van der Waals surface area contributed by atoms with E-state index in [9.17, 15) is 4.79 Å². The lowest BCUT2D eigenvalue weighted by Crippen LogP contribution is -2.52. The molecule has 0 saturated carbocycles. The minimum absolute atomic E-state index is 0.137. The number of rotatable bonds is 3. The number of carbonyl (C=O) groups excluding carboxylic acids is 1. The zero-order valence-electron chi connectivity index (χ0n) is 15.6. The van der Waals surface area contributed by atoms with Gasteiger partial charge in [0.2, 0.25) is 0 Å². The van der Waals surface area contributed by atoms with Crippen molar-refractivity contribution in [1.29, 1.82) is 0 Å². The standard InChI is InChI=1S/C21H24N4OS/c1-2-15-5-7-16(8-6-15)18-13-25-19(14-27-21(25)22-18)20(26)24-11-10-23-9-3-4-17(23)12-24/h5-8,13-14,17H,2-4,9-12H2,1H3. The van der Waals surface area contributed by atoms with Gasteiger partial charge in [-0.1, -0.05) is 31.2 Å². The van der Waals surface area contributed by atoms with Crippen LogP contribution in [0.5, 0.6) is 0 Å². The smallest absolute Gasteiger partial charge is 0.271 e. The largest absolute Gasteiger partial charge is 0.334 e. The number of imidazole rings is 1. The summed E-state index contributed by atoms with van der Waals surface area (Å²) in [5, 5.41) is 1.95. The van der Waals surface area contributed by atoms with Gasteiger partial charge in [-0.3, -0.25) is 14.1 Å². The first kappa shape index (κ1) is 17.0. The molecule has 1 amide bonds. The first-order valence-electron chi connectivity index (χ1n) is 9.82. The van der Waals surface area contributed by atoms with E-state index in [-0.39, 0.29) is 5.91 Å². The second kappa shape index (κ2) is 6.77. The van der Waals surface area contributed by atoms with E-state index in [4.69, 9.17) is 4.98 Å². The Hall–Kier alpha value is -2.18. The Morgan fingerprint density at radius 2 is 2.07 bits per heavy atom. The highest BCUT2D eigenvalue weighted by atomic mass is 32.1. The maximum absolute atomic E-state index is 13.2. The van der Waals surface area contributed by atoms with E-state index < -0.39 is 0 Å². The predicted molar refractivity (Wildman–Crippen MR) is 108 cm³/mol. The summed E-state index contributed by atoms with van der Waals surface area (Å²) in [6.07, 6.45) is 5.51. The molecule has 2 saturated heterocycles. The molecule has 0 bridgehead atoms. The van der Waals surface area contributed by atoms with Crippen LogP contribution < -0.4 is 0 Å². The van der Waals surface area contributed by atoms with Crippen LogP contribution in [0.1, 0.15) is 35.8 Å². The Labute approximate surface area is 163 Å². The second-order valence-corrected chi connectivity index (χ2v) is 8.37. The van der Waals surface area contributed by atoms with Gasteiger partial charge in [0.25, 0.3) is 5.91 Å². The number of piperazine rings is 1. The molecule has 1 unspecified atom stereocenters. The summed E-state index contributed by atoms with van der Waals surface area (Å²) < 4.78 is 1.97. The third-order valence-corrected chi connectivity index (χ3v) is 6.80. The highest BCUT2D eigenvalue weighted by molar-refractivity contribution is 7.15. The van der Waals surface area contributed by atoms with Gasteiger partial charge in [0, 0.05) is 42.8 Å². The Kier molecular flexibility index (Phi) is 4.25. The lowest BCUT2D eigenvalue weighted by atomic mass is 10.1. The van der Waals surface area contributed by atoms with E-state index in [0.717, 1.165) is 48.0 Å². The van der Waals surface area contributed by atoms with Gasteiger partial charge >= 0.3 is 0 Å². The number of aromatic nitrogens is 2. The van der Waals surface area contributed by atoms with Crippen LogP contribution in [0, 0.1) is 0 Å². The Bertz CT molecular complexity index is 974. The lowest BCUT2D eigenvalue weighted by molar-refractivity contribution is 0.0565. The molecule has 0 radical (unpaired) electrons. The normalized spacial score (nSPS) is 20.3. The van der Waals surface area contributed by atoms with Gasteiger partial charge in [-0.15, -0.1) is 11.3 Å². The van der Waals surface area contributed by atoms with E-state index >= 15 is 0 Å². The summed E-state index contributed by atoms with van der Waals surface area (Å²) >= 11 is 1.54. The van der Waals surface area contributed by atoms with Gasteiger partial charge in [-0.25, -0.2) is 4.98 Å². The van der Waals surface area contributed by atoms with E-state index in [1.807, 2.05) is 20.9 Å². The highest BCUT2D eigenvalue weighted by Crippen LogP contribution is 2.27. The minimum Gasteiger partial charge on any atom is -0.334 e. The molecule has 0 spiro atoms. The van der Waals surface area contributed by atoms with Crippen molar-refractivity contribution in [2.75, 3.05) is 26.2 Å².